The van der Waals surface area contributed by atoms with E-state index in [0.29, 0.717) is 0 Å². The van der Waals surface area contributed by atoms with Crippen LogP contribution in [0.5, 0.6) is 0 Å². The monoisotopic (exact) mass is 252 g/mol. The maximum atomic E-state index is 3.63. The second kappa shape index (κ2) is 3.75. The summed E-state index contributed by atoms with van der Waals surface area (Å²) >= 11 is 1.80. The van der Waals surface area contributed by atoms with Gasteiger partial charge in [-0.2, -0.15) is 0 Å². The number of aromatic nitrogens is 1. The zero-order chi connectivity index (χ0) is 11.9. The van der Waals surface area contributed by atoms with Crippen LogP contribution in [-0.4, -0.2) is 4.57 Å². The molecule has 1 aliphatic heterocycles. The molecular weight excluding hydrogens is 240 g/mol. The lowest BCUT2D eigenvalue weighted by atomic mass is 10.1. The van der Waals surface area contributed by atoms with Crippen LogP contribution in [0.4, 0.5) is 5.69 Å². The molecule has 18 heavy (non-hydrogen) atoms. The van der Waals surface area contributed by atoms with Gasteiger partial charge in [0.15, 0.2) is 0 Å². The first-order valence-corrected chi connectivity index (χ1v) is 6.88. The van der Waals surface area contributed by atoms with Gasteiger partial charge in [0.1, 0.15) is 6.04 Å². The molecule has 0 bridgehead atoms. The largest absolute Gasteiger partial charge is 0.370 e. The van der Waals surface area contributed by atoms with Gasteiger partial charge in [0.2, 0.25) is 0 Å². The van der Waals surface area contributed by atoms with E-state index >= 15 is 0 Å². The normalized spacial score (nSPS) is 16.8. The number of fused-ring (bicyclic) bond motifs is 3. The summed E-state index contributed by atoms with van der Waals surface area (Å²) < 4.78 is 2.27. The first-order valence-electron chi connectivity index (χ1n) is 6.00. The molecule has 0 fully saturated rings. The van der Waals surface area contributed by atoms with Gasteiger partial charge in [-0.3, -0.25) is 0 Å². The van der Waals surface area contributed by atoms with E-state index in [4.69, 9.17) is 0 Å². The fourth-order valence-corrected chi connectivity index (χ4v) is 3.34. The first-order chi connectivity index (χ1) is 8.93. The summed E-state index contributed by atoms with van der Waals surface area (Å²) in [6.07, 6.45) is 2.13. The molecule has 1 N–H and O–H groups in total. The number of anilines is 1. The molecule has 4 rings (SSSR count). The molecule has 3 heteroatoms. The lowest BCUT2D eigenvalue weighted by Gasteiger charge is -2.28. The Kier molecular flexibility index (Phi) is 2.08. The number of hydrogen-bond donors (Lipinski definition) is 1. The molecule has 2 aromatic heterocycles. The number of nitrogens with zero attached hydrogens (tertiary/aromatic N) is 1. The minimum atomic E-state index is 0.259. The van der Waals surface area contributed by atoms with Gasteiger partial charge in [0.25, 0.3) is 0 Å². The Balaban J connectivity index is 1.93. The first kappa shape index (κ1) is 9.97. The summed E-state index contributed by atoms with van der Waals surface area (Å²) in [4.78, 5) is 1.35. The third-order valence-electron chi connectivity index (χ3n) is 3.37. The zero-order valence-corrected chi connectivity index (χ0v) is 10.5. The lowest BCUT2D eigenvalue weighted by molar-refractivity contribution is 0.822. The molecular formula is C15H12N2S. The molecule has 0 spiro atoms. The Labute approximate surface area is 110 Å². The van der Waals surface area contributed by atoms with Crippen molar-refractivity contribution in [2.24, 2.45) is 0 Å². The van der Waals surface area contributed by atoms with Crippen molar-refractivity contribution >= 4 is 17.0 Å². The number of nitrogens with one attached hydrogen (secondary N) is 1. The average molecular weight is 252 g/mol. The topological polar surface area (TPSA) is 17.0 Å². The maximum absolute atomic E-state index is 3.63. The van der Waals surface area contributed by atoms with Crippen molar-refractivity contribution in [3.63, 3.8) is 0 Å². The Morgan fingerprint density at radius 3 is 2.83 bits per heavy atom. The van der Waals surface area contributed by atoms with Gasteiger partial charge in [0.05, 0.1) is 17.1 Å². The number of para-hydroxylation sites is 2. The molecule has 1 atom stereocenters. The molecule has 2 nitrogen and oxygen atoms in total. The molecule has 0 radical (unpaired) electrons. The minimum Gasteiger partial charge on any atom is -0.370 e. The van der Waals surface area contributed by atoms with E-state index < -0.39 is 0 Å². The van der Waals surface area contributed by atoms with E-state index in [1.54, 1.807) is 11.3 Å². The van der Waals surface area contributed by atoms with Crippen LogP contribution in [0.3, 0.4) is 0 Å². The highest BCUT2D eigenvalue weighted by molar-refractivity contribution is 7.10. The summed E-state index contributed by atoms with van der Waals surface area (Å²) in [5, 5.41) is 5.76. The molecule has 3 aromatic rings. The molecule has 0 unspecified atom stereocenters. The zero-order valence-electron chi connectivity index (χ0n) is 9.71. The smallest absolute Gasteiger partial charge is 0.102 e. The summed E-state index contributed by atoms with van der Waals surface area (Å²) in [5.41, 5.74) is 3.72. The van der Waals surface area contributed by atoms with Gasteiger partial charge >= 0.3 is 0 Å². The van der Waals surface area contributed by atoms with E-state index in [9.17, 15) is 0 Å². The van der Waals surface area contributed by atoms with Crippen molar-refractivity contribution < 1.29 is 0 Å². The fraction of sp³-hybridized carbons (Fsp3) is 0.0667. The molecule has 1 aliphatic rings. The van der Waals surface area contributed by atoms with Crippen molar-refractivity contribution in [1.82, 2.24) is 4.57 Å². The highest BCUT2D eigenvalue weighted by Crippen LogP contribution is 2.37. The highest BCUT2D eigenvalue weighted by atomic mass is 32.1. The van der Waals surface area contributed by atoms with Crippen molar-refractivity contribution in [2.45, 2.75) is 6.04 Å². The van der Waals surface area contributed by atoms with Crippen LogP contribution < -0.4 is 5.32 Å². The van der Waals surface area contributed by atoms with Crippen LogP contribution in [0.15, 0.2) is 60.1 Å². The van der Waals surface area contributed by atoms with Crippen LogP contribution in [-0.2, 0) is 0 Å². The molecule has 88 valence electrons. The predicted molar refractivity (Wildman–Crippen MR) is 75.6 cm³/mol. The third kappa shape index (κ3) is 1.34. The summed E-state index contributed by atoms with van der Waals surface area (Å²) in [6.45, 7) is 0. The number of benzene rings is 1. The third-order valence-corrected chi connectivity index (χ3v) is 4.30. The quantitative estimate of drug-likeness (QED) is 0.691. The Bertz CT molecular complexity index is 682. The van der Waals surface area contributed by atoms with Crippen molar-refractivity contribution in [2.75, 3.05) is 5.32 Å². The second-order valence-electron chi connectivity index (χ2n) is 4.41. The maximum Gasteiger partial charge on any atom is 0.102 e. The summed E-state index contributed by atoms with van der Waals surface area (Å²) in [7, 11) is 0. The number of hydrogen-bond acceptors (Lipinski definition) is 2. The van der Waals surface area contributed by atoms with Gasteiger partial charge in [-0.1, -0.05) is 18.2 Å². The molecule has 0 saturated heterocycles. The summed E-state index contributed by atoms with van der Waals surface area (Å²) in [5.74, 6) is 0. The molecule has 3 heterocycles. The van der Waals surface area contributed by atoms with Crippen molar-refractivity contribution in [3.8, 4) is 5.69 Å². The van der Waals surface area contributed by atoms with Gasteiger partial charge < -0.3 is 9.88 Å². The molecule has 1 aromatic carbocycles. The Morgan fingerprint density at radius 1 is 1.00 bits per heavy atom. The lowest BCUT2D eigenvalue weighted by Crippen LogP contribution is -2.21. The summed E-state index contributed by atoms with van der Waals surface area (Å²) in [6, 6.07) is 17.3. The second-order valence-corrected chi connectivity index (χ2v) is 5.39. The number of thiophene rings is 1. The minimum absolute atomic E-state index is 0.259. The van der Waals surface area contributed by atoms with Gasteiger partial charge in [-0.25, -0.2) is 0 Å². The van der Waals surface area contributed by atoms with E-state index in [0.717, 1.165) is 0 Å². The van der Waals surface area contributed by atoms with Crippen LogP contribution in [0.1, 0.15) is 16.6 Å². The van der Waals surface area contributed by atoms with E-state index in [1.165, 1.54) is 21.9 Å². The van der Waals surface area contributed by atoms with Gasteiger partial charge in [-0.05, 0) is 35.7 Å². The van der Waals surface area contributed by atoms with Gasteiger partial charge in [0, 0.05) is 11.1 Å². The average Bonchev–Trinajstić information content (AvgIpc) is 3.09. The van der Waals surface area contributed by atoms with Gasteiger partial charge in [-0.15, -0.1) is 11.3 Å². The highest BCUT2D eigenvalue weighted by Gasteiger charge is 2.24. The Morgan fingerprint density at radius 2 is 1.94 bits per heavy atom. The van der Waals surface area contributed by atoms with E-state index in [1.807, 2.05) is 0 Å². The predicted octanol–water partition coefficient (Wildman–Crippen LogP) is 4.05. The molecule has 0 aliphatic carbocycles. The van der Waals surface area contributed by atoms with Crippen LogP contribution in [0.25, 0.3) is 5.69 Å². The van der Waals surface area contributed by atoms with Crippen LogP contribution in [0, 0.1) is 0 Å². The number of rotatable bonds is 1. The fourth-order valence-electron chi connectivity index (χ4n) is 2.56. The van der Waals surface area contributed by atoms with Crippen LogP contribution in [0.2, 0.25) is 0 Å². The van der Waals surface area contributed by atoms with Crippen LogP contribution >= 0.6 is 11.3 Å². The van der Waals surface area contributed by atoms with Crippen molar-refractivity contribution in [1.29, 1.82) is 0 Å². The van der Waals surface area contributed by atoms with E-state index in [-0.39, 0.29) is 6.04 Å². The SMILES string of the molecule is c1csc([C@@H]2Nc3ccccc3-n3cccc32)c1. The van der Waals surface area contributed by atoms with E-state index in [2.05, 4.69) is 70.0 Å². The van der Waals surface area contributed by atoms with Crippen molar-refractivity contribution in [3.05, 3.63) is 70.7 Å². The molecule has 0 saturated carbocycles. The standard InChI is InChI=1S/C15H12N2S/c1-2-6-12-11(5-1)16-15(14-8-4-10-18-14)13-7-3-9-17(12)13/h1-10,15-16H/t15-/m1/s1. The molecule has 0 amide bonds. The Hall–Kier alpha value is -2.00.